The van der Waals surface area contributed by atoms with Crippen LogP contribution in [-0.2, 0) is 14.3 Å². The SMILES string of the molecule is CCOC(=O)C1C(=O)N(CCC(C)C)c2nc3ccccc3n2C1c1cccc(Cl)c1. The number of carbonyl (C=O) groups excluding carboxylic acids is 2. The van der Waals surface area contributed by atoms with Crippen LogP contribution in [0.1, 0.15) is 38.8 Å². The van der Waals surface area contributed by atoms with Crippen molar-refractivity contribution in [3.63, 3.8) is 0 Å². The van der Waals surface area contributed by atoms with Crippen LogP contribution in [0.5, 0.6) is 0 Å². The minimum atomic E-state index is -1.02. The Morgan fingerprint density at radius 1 is 1.19 bits per heavy atom. The summed E-state index contributed by atoms with van der Waals surface area (Å²) in [4.78, 5) is 33.2. The number of para-hydroxylation sites is 2. The summed E-state index contributed by atoms with van der Waals surface area (Å²) in [5.41, 5.74) is 2.40. The number of halogens is 1. The molecule has 0 aliphatic carbocycles. The van der Waals surface area contributed by atoms with E-state index in [1.165, 1.54) is 0 Å². The molecule has 1 amide bonds. The van der Waals surface area contributed by atoms with Crippen LogP contribution in [0.3, 0.4) is 0 Å². The molecule has 1 aliphatic rings. The fourth-order valence-electron chi connectivity index (χ4n) is 4.14. The fourth-order valence-corrected chi connectivity index (χ4v) is 4.34. The molecule has 6 nitrogen and oxygen atoms in total. The van der Waals surface area contributed by atoms with Gasteiger partial charge in [0.05, 0.1) is 23.7 Å². The maximum atomic E-state index is 13.7. The monoisotopic (exact) mass is 439 g/mol. The lowest BCUT2D eigenvalue weighted by molar-refractivity contribution is -0.153. The van der Waals surface area contributed by atoms with Crippen molar-refractivity contribution in [2.75, 3.05) is 18.1 Å². The highest BCUT2D eigenvalue weighted by Gasteiger charge is 2.47. The van der Waals surface area contributed by atoms with Gasteiger partial charge in [0.25, 0.3) is 0 Å². The van der Waals surface area contributed by atoms with E-state index < -0.39 is 17.9 Å². The first-order chi connectivity index (χ1) is 14.9. The minimum absolute atomic E-state index is 0.203. The molecule has 1 aliphatic heterocycles. The zero-order valence-electron chi connectivity index (χ0n) is 17.9. The number of nitrogens with zero attached hydrogens (tertiary/aromatic N) is 3. The molecule has 1 aromatic heterocycles. The van der Waals surface area contributed by atoms with E-state index in [0.717, 1.165) is 23.0 Å². The van der Waals surface area contributed by atoms with Gasteiger partial charge in [-0.25, -0.2) is 4.98 Å². The van der Waals surface area contributed by atoms with E-state index in [2.05, 4.69) is 13.8 Å². The molecule has 0 spiro atoms. The van der Waals surface area contributed by atoms with E-state index >= 15 is 0 Å². The van der Waals surface area contributed by atoms with Crippen LogP contribution in [-0.4, -0.2) is 34.6 Å². The van der Waals surface area contributed by atoms with Crippen LogP contribution in [0, 0.1) is 11.8 Å². The summed E-state index contributed by atoms with van der Waals surface area (Å²) < 4.78 is 7.35. The first-order valence-electron chi connectivity index (χ1n) is 10.6. The molecule has 0 saturated heterocycles. The zero-order valence-corrected chi connectivity index (χ0v) is 18.7. The van der Waals surface area contributed by atoms with Gasteiger partial charge in [-0.2, -0.15) is 0 Å². The van der Waals surface area contributed by atoms with Crippen molar-refractivity contribution in [2.45, 2.75) is 33.2 Å². The second kappa shape index (κ2) is 8.71. The third-order valence-electron chi connectivity index (χ3n) is 5.61. The normalized spacial score (nSPS) is 18.5. The zero-order chi connectivity index (χ0) is 22.1. The number of hydrogen-bond acceptors (Lipinski definition) is 4. The molecule has 4 rings (SSSR count). The van der Waals surface area contributed by atoms with E-state index in [1.807, 2.05) is 41.0 Å². The average molecular weight is 440 g/mol. The Hall–Kier alpha value is -2.86. The van der Waals surface area contributed by atoms with E-state index in [1.54, 1.807) is 24.0 Å². The smallest absolute Gasteiger partial charge is 0.321 e. The fraction of sp³-hybridized carbons (Fsp3) is 0.375. The number of esters is 1. The predicted molar refractivity (Wildman–Crippen MR) is 121 cm³/mol. The van der Waals surface area contributed by atoms with Crippen LogP contribution >= 0.6 is 11.6 Å². The summed E-state index contributed by atoms with van der Waals surface area (Å²) in [6.07, 6.45) is 0.798. The molecule has 0 N–H and O–H groups in total. The lowest BCUT2D eigenvalue weighted by Crippen LogP contribution is -2.50. The van der Waals surface area contributed by atoms with E-state index in [0.29, 0.717) is 23.4 Å². The minimum Gasteiger partial charge on any atom is -0.465 e. The summed E-state index contributed by atoms with van der Waals surface area (Å²) >= 11 is 6.28. The summed E-state index contributed by atoms with van der Waals surface area (Å²) in [6, 6.07) is 14.4. The van der Waals surface area contributed by atoms with Gasteiger partial charge in [-0.3, -0.25) is 14.5 Å². The molecular weight excluding hydrogens is 414 g/mol. The third kappa shape index (κ3) is 3.92. The Kier molecular flexibility index (Phi) is 6.01. The van der Waals surface area contributed by atoms with Gasteiger partial charge >= 0.3 is 5.97 Å². The summed E-state index contributed by atoms with van der Waals surface area (Å²) in [6.45, 7) is 6.64. The molecule has 0 radical (unpaired) electrons. The molecule has 2 unspecified atom stereocenters. The summed E-state index contributed by atoms with van der Waals surface area (Å²) in [7, 11) is 0. The Balaban J connectivity index is 1.97. The highest BCUT2D eigenvalue weighted by atomic mass is 35.5. The Morgan fingerprint density at radius 2 is 1.97 bits per heavy atom. The van der Waals surface area contributed by atoms with Crippen molar-refractivity contribution in [1.29, 1.82) is 0 Å². The summed E-state index contributed by atoms with van der Waals surface area (Å²) in [5, 5.41) is 0.542. The number of fused-ring (bicyclic) bond motifs is 3. The lowest BCUT2D eigenvalue weighted by atomic mass is 9.89. The first-order valence-corrected chi connectivity index (χ1v) is 11.0. The van der Waals surface area contributed by atoms with Crippen molar-refractivity contribution in [1.82, 2.24) is 9.55 Å². The van der Waals surface area contributed by atoms with Crippen LogP contribution in [0.4, 0.5) is 5.95 Å². The Morgan fingerprint density at radius 3 is 2.68 bits per heavy atom. The highest BCUT2D eigenvalue weighted by molar-refractivity contribution is 6.30. The first kappa shape index (κ1) is 21.4. The van der Waals surface area contributed by atoms with Gasteiger partial charge < -0.3 is 9.30 Å². The maximum absolute atomic E-state index is 13.7. The van der Waals surface area contributed by atoms with Crippen molar-refractivity contribution in [3.05, 3.63) is 59.1 Å². The number of rotatable bonds is 6. The average Bonchev–Trinajstić information content (AvgIpc) is 3.11. The molecule has 2 heterocycles. The molecular formula is C24H26ClN3O3. The van der Waals surface area contributed by atoms with Crippen molar-refractivity contribution in [3.8, 4) is 0 Å². The molecule has 0 saturated carbocycles. The van der Waals surface area contributed by atoms with Gasteiger partial charge in [0, 0.05) is 11.6 Å². The largest absolute Gasteiger partial charge is 0.465 e. The molecule has 31 heavy (non-hydrogen) atoms. The summed E-state index contributed by atoms with van der Waals surface area (Å²) in [5.74, 6) is -0.882. The Bertz CT molecular complexity index is 1120. The van der Waals surface area contributed by atoms with E-state index in [9.17, 15) is 9.59 Å². The van der Waals surface area contributed by atoms with Crippen LogP contribution in [0.15, 0.2) is 48.5 Å². The number of benzene rings is 2. The van der Waals surface area contributed by atoms with Crippen LogP contribution < -0.4 is 4.90 Å². The lowest BCUT2D eigenvalue weighted by Gasteiger charge is -2.38. The second-order valence-electron chi connectivity index (χ2n) is 8.17. The number of hydrogen-bond donors (Lipinski definition) is 0. The maximum Gasteiger partial charge on any atom is 0.321 e. The number of imidazole rings is 1. The molecule has 0 fully saturated rings. The van der Waals surface area contributed by atoms with Crippen LogP contribution in [0.25, 0.3) is 11.0 Å². The number of carbonyl (C=O) groups is 2. The van der Waals surface area contributed by atoms with E-state index in [-0.39, 0.29) is 12.5 Å². The molecule has 162 valence electrons. The molecule has 2 aromatic carbocycles. The van der Waals surface area contributed by atoms with E-state index in [4.69, 9.17) is 21.3 Å². The molecule has 7 heteroatoms. The van der Waals surface area contributed by atoms with Gasteiger partial charge in [0.1, 0.15) is 0 Å². The molecule has 3 aromatic rings. The van der Waals surface area contributed by atoms with Crippen LogP contribution in [0.2, 0.25) is 5.02 Å². The van der Waals surface area contributed by atoms with Gasteiger partial charge in [0.2, 0.25) is 11.9 Å². The number of amides is 1. The van der Waals surface area contributed by atoms with Gasteiger partial charge in [-0.1, -0.05) is 49.7 Å². The van der Waals surface area contributed by atoms with Gasteiger partial charge in [-0.15, -0.1) is 0 Å². The van der Waals surface area contributed by atoms with Crippen molar-refractivity contribution >= 4 is 40.5 Å². The third-order valence-corrected chi connectivity index (χ3v) is 5.84. The van der Waals surface area contributed by atoms with Crippen molar-refractivity contribution < 1.29 is 14.3 Å². The number of aromatic nitrogens is 2. The highest BCUT2D eigenvalue weighted by Crippen LogP contribution is 2.41. The van der Waals surface area contributed by atoms with Gasteiger partial charge in [0.15, 0.2) is 5.92 Å². The topological polar surface area (TPSA) is 64.4 Å². The quantitative estimate of drug-likeness (QED) is 0.406. The van der Waals surface area contributed by atoms with Gasteiger partial charge in [-0.05, 0) is 49.1 Å². The standard InChI is InChI=1S/C24H26ClN3O3/c1-4-31-23(30)20-21(16-8-7-9-17(25)14-16)28-19-11-6-5-10-18(19)26-24(28)27(22(20)29)13-12-15(2)3/h5-11,14-15,20-21H,4,12-13H2,1-3H3. The Labute approximate surface area is 186 Å². The predicted octanol–water partition coefficient (Wildman–Crippen LogP) is 4.85. The second-order valence-corrected chi connectivity index (χ2v) is 8.61. The number of ether oxygens (including phenoxy) is 1. The van der Waals surface area contributed by atoms with Crippen molar-refractivity contribution in [2.24, 2.45) is 11.8 Å². The molecule has 0 bridgehead atoms. The molecule has 2 atom stereocenters. The number of anilines is 1.